The Labute approximate surface area is 335 Å². The SMILES string of the molecule is C1=CCCC(c2ccc3c(c2)c2cc(-c4ccc5c(c4)c4cc(-c6ccccc6)ccc4n5-c4ccc5ccccc5n4)ccc2n3-c2ccc3ccccc3n2)=C1. The maximum atomic E-state index is 5.18. The lowest BCUT2D eigenvalue weighted by molar-refractivity contribution is 1.05. The van der Waals surface area contributed by atoms with Crippen LogP contribution in [0.2, 0.25) is 0 Å². The molecule has 0 amide bonds. The maximum Gasteiger partial charge on any atom is 0.138 e. The van der Waals surface area contributed by atoms with Gasteiger partial charge in [0.15, 0.2) is 0 Å². The van der Waals surface area contributed by atoms with Gasteiger partial charge < -0.3 is 0 Å². The van der Waals surface area contributed by atoms with E-state index < -0.39 is 0 Å². The molecular weight excluding hydrogens is 705 g/mol. The summed E-state index contributed by atoms with van der Waals surface area (Å²) in [6.07, 6.45) is 8.82. The predicted molar refractivity (Wildman–Crippen MR) is 243 cm³/mol. The van der Waals surface area contributed by atoms with Crippen molar-refractivity contribution in [3.63, 3.8) is 0 Å². The number of aromatic nitrogens is 4. The van der Waals surface area contributed by atoms with Crippen LogP contribution in [0.3, 0.4) is 0 Å². The van der Waals surface area contributed by atoms with Crippen molar-refractivity contribution in [2.75, 3.05) is 0 Å². The molecule has 0 fully saturated rings. The summed E-state index contributed by atoms with van der Waals surface area (Å²) in [5, 5.41) is 7.11. The highest BCUT2D eigenvalue weighted by atomic mass is 15.1. The van der Waals surface area contributed by atoms with Gasteiger partial charge in [0.25, 0.3) is 0 Å². The van der Waals surface area contributed by atoms with Crippen molar-refractivity contribution in [2.24, 2.45) is 0 Å². The zero-order valence-electron chi connectivity index (χ0n) is 31.7. The summed E-state index contributed by atoms with van der Waals surface area (Å²) in [6.45, 7) is 0. The zero-order valence-corrected chi connectivity index (χ0v) is 31.7. The molecule has 272 valence electrons. The highest BCUT2D eigenvalue weighted by Crippen LogP contribution is 2.40. The van der Waals surface area contributed by atoms with Crippen LogP contribution in [0, 0.1) is 0 Å². The Kier molecular flexibility index (Phi) is 7.32. The van der Waals surface area contributed by atoms with Crippen LogP contribution >= 0.6 is 0 Å². The third kappa shape index (κ3) is 5.23. The summed E-state index contributed by atoms with van der Waals surface area (Å²) >= 11 is 0. The first-order chi connectivity index (χ1) is 28.7. The number of para-hydroxylation sites is 2. The molecule has 4 nitrogen and oxygen atoms in total. The Morgan fingerprint density at radius 2 is 0.828 bits per heavy atom. The van der Waals surface area contributed by atoms with E-state index in [-0.39, 0.29) is 0 Å². The zero-order chi connectivity index (χ0) is 38.2. The number of pyridine rings is 2. The van der Waals surface area contributed by atoms with Crippen molar-refractivity contribution in [3.8, 4) is 33.9 Å². The summed E-state index contributed by atoms with van der Waals surface area (Å²) in [6, 6.07) is 63.6. The number of benzene rings is 7. The van der Waals surface area contributed by atoms with E-state index in [4.69, 9.17) is 9.97 Å². The summed E-state index contributed by atoms with van der Waals surface area (Å²) in [5.41, 5.74) is 13.9. The van der Waals surface area contributed by atoms with E-state index in [2.05, 4.69) is 203 Å². The highest BCUT2D eigenvalue weighted by Gasteiger charge is 2.19. The van der Waals surface area contributed by atoms with Crippen LogP contribution in [-0.4, -0.2) is 19.1 Å². The van der Waals surface area contributed by atoms with E-state index in [0.29, 0.717) is 0 Å². The second kappa shape index (κ2) is 13.0. The van der Waals surface area contributed by atoms with E-state index in [0.717, 1.165) is 68.4 Å². The molecule has 4 heteroatoms. The first kappa shape index (κ1) is 32.7. The average molecular weight is 741 g/mol. The Morgan fingerprint density at radius 3 is 1.33 bits per heavy atom. The second-order valence-corrected chi connectivity index (χ2v) is 15.3. The fraction of sp³-hybridized carbons (Fsp3) is 0.0370. The molecule has 0 bridgehead atoms. The third-order valence-corrected chi connectivity index (χ3v) is 12.0. The Balaban J connectivity index is 1.08. The second-order valence-electron chi connectivity index (χ2n) is 15.3. The standard InChI is InChI=1S/C54H36N4/c1-3-11-35(12-4-1)39-19-25-49-43(31-39)45-33-41(21-27-51(45)57(49)53-29-23-37-15-7-9-17-47(37)55-53)42-22-28-52-46(34-42)44-32-40(36-13-5-2-6-14-36)20-26-50(44)58(52)54-30-24-38-16-8-10-18-48(38)56-54/h1-5,7-13,15-34H,6,14H2. The van der Waals surface area contributed by atoms with Crippen LogP contribution < -0.4 is 0 Å². The molecule has 0 radical (unpaired) electrons. The molecule has 11 aromatic rings. The summed E-state index contributed by atoms with van der Waals surface area (Å²) in [7, 11) is 0. The van der Waals surface area contributed by atoms with Gasteiger partial charge in [-0.1, -0.05) is 109 Å². The number of rotatable bonds is 5. The quantitative estimate of drug-likeness (QED) is 0.176. The van der Waals surface area contributed by atoms with Crippen molar-refractivity contribution < 1.29 is 0 Å². The number of fused-ring (bicyclic) bond motifs is 8. The van der Waals surface area contributed by atoms with E-state index in [9.17, 15) is 0 Å². The van der Waals surface area contributed by atoms with Gasteiger partial charge in [-0.2, -0.15) is 0 Å². The molecule has 0 saturated heterocycles. The molecule has 1 aliphatic carbocycles. The van der Waals surface area contributed by atoms with Gasteiger partial charge in [-0.15, -0.1) is 0 Å². The van der Waals surface area contributed by atoms with Crippen LogP contribution in [0.4, 0.5) is 0 Å². The number of hydrogen-bond donors (Lipinski definition) is 0. The van der Waals surface area contributed by atoms with Crippen molar-refractivity contribution in [3.05, 3.63) is 200 Å². The van der Waals surface area contributed by atoms with Gasteiger partial charge in [-0.25, -0.2) is 9.97 Å². The molecule has 4 heterocycles. The molecule has 0 atom stereocenters. The Hall–Kier alpha value is -7.56. The first-order valence-corrected chi connectivity index (χ1v) is 20.0. The average Bonchev–Trinajstić information content (AvgIpc) is 3.80. The molecule has 7 aromatic carbocycles. The monoisotopic (exact) mass is 740 g/mol. The van der Waals surface area contributed by atoms with Crippen LogP contribution in [0.5, 0.6) is 0 Å². The van der Waals surface area contributed by atoms with Crippen molar-refractivity contribution in [2.45, 2.75) is 12.8 Å². The first-order valence-electron chi connectivity index (χ1n) is 20.0. The molecular formula is C54H36N4. The molecule has 4 aromatic heterocycles. The molecule has 0 spiro atoms. The van der Waals surface area contributed by atoms with E-state index in [1.54, 1.807) is 0 Å². The van der Waals surface area contributed by atoms with Crippen molar-refractivity contribution >= 4 is 71.0 Å². The van der Waals surface area contributed by atoms with Gasteiger partial charge in [0.2, 0.25) is 0 Å². The maximum absolute atomic E-state index is 5.18. The molecule has 0 N–H and O–H groups in total. The molecule has 0 aliphatic heterocycles. The fourth-order valence-corrected chi connectivity index (χ4v) is 9.11. The van der Waals surface area contributed by atoms with Crippen LogP contribution in [0.25, 0.3) is 105 Å². The van der Waals surface area contributed by atoms with E-state index in [1.807, 2.05) is 0 Å². The normalized spacial score (nSPS) is 13.1. The van der Waals surface area contributed by atoms with E-state index >= 15 is 0 Å². The minimum atomic E-state index is 0.912. The smallest absolute Gasteiger partial charge is 0.138 e. The van der Waals surface area contributed by atoms with Gasteiger partial charge in [-0.05, 0) is 131 Å². The molecule has 12 rings (SSSR count). The number of allylic oxidation sites excluding steroid dienone is 4. The van der Waals surface area contributed by atoms with Gasteiger partial charge in [0, 0.05) is 32.3 Å². The summed E-state index contributed by atoms with van der Waals surface area (Å²) in [5.74, 6) is 1.83. The van der Waals surface area contributed by atoms with Gasteiger partial charge in [-0.3, -0.25) is 9.13 Å². The third-order valence-electron chi connectivity index (χ3n) is 12.0. The van der Waals surface area contributed by atoms with Gasteiger partial charge in [0.1, 0.15) is 11.6 Å². The van der Waals surface area contributed by atoms with Crippen LogP contribution in [0.15, 0.2) is 194 Å². The highest BCUT2D eigenvalue weighted by molar-refractivity contribution is 6.13. The Bertz CT molecular complexity index is 3510. The van der Waals surface area contributed by atoms with Crippen molar-refractivity contribution in [1.82, 2.24) is 19.1 Å². The lowest BCUT2D eigenvalue weighted by Gasteiger charge is -2.11. The predicted octanol–water partition coefficient (Wildman–Crippen LogP) is 14.0. The van der Waals surface area contributed by atoms with Gasteiger partial charge in [0.05, 0.1) is 33.1 Å². The minimum Gasteiger partial charge on any atom is -0.294 e. The van der Waals surface area contributed by atoms with E-state index in [1.165, 1.54) is 54.9 Å². The largest absolute Gasteiger partial charge is 0.294 e. The lowest BCUT2D eigenvalue weighted by Crippen LogP contribution is -1.98. The molecule has 0 saturated carbocycles. The minimum absolute atomic E-state index is 0.912. The molecule has 1 aliphatic rings. The van der Waals surface area contributed by atoms with Crippen molar-refractivity contribution in [1.29, 1.82) is 0 Å². The van der Waals surface area contributed by atoms with Crippen LogP contribution in [-0.2, 0) is 0 Å². The number of nitrogens with zero attached hydrogens (tertiary/aromatic N) is 4. The van der Waals surface area contributed by atoms with Gasteiger partial charge >= 0.3 is 0 Å². The molecule has 58 heavy (non-hydrogen) atoms. The summed E-state index contributed by atoms with van der Waals surface area (Å²) < 4.78 is 4.65. The fourth-order valence-electron chi connectivity index (χ4n) is 9.11. The summed E-state index contributed by atoms with van der Waals surface area (Å²) in [4.78, 5) is 10.4. The van der Waals surface area contributed by atoms with Crippen LogP contribution in [0.1, 0.15) is 18.4 Å². The molecule has 0 unspecified atom stereocenters. The topological polar surface area (TPSA) is 35.6 Å². The Morgan fingerprint density at radius 1 is 0.379 bits per heavy atom. The number of hydrogen-bond acceptors (Lipinski definition) is 2. The lowest BCUT2D eigenvalue weighted by atomic mass is 9.95.